The zero-order chi connectivity index (χ0) is 15.8. The molecule has 4 nitrogen and oxygen atoms in total. The van der Waals surface area contributed by atoms with E-state index in [0.29, 0.717) is 19.8 Å². The maximum atomic E-state index is 11.9. The van der Waals surface area contributed by atoms with E-state index in [9.17, 15) is 9.90 Å². The lowest BCUT2D eigenvalue weighted by atomic mass is 9.97. The van der Waals surface area contributed by atoms with Crippen LogP contribution in [0.4, 0.5) is 0 Å². The maximum absolute atomic E-state index is 11.9. The topological polar surface area (TPSA) is 58.6 Å². The molecule has 2 N–H and O–H groups in total. The van der Waals surface area contributed by atoms with Crippen molar-refractivity contribution in [3.05, 3.63) is 35.9 Å². The number of rotatable bonds is 8. The Morgan fingerprint density at radius 2 is 2.00 bits per heavy atom. The fourth-order valence-corrected chi connectivity index (χ4v) is 2.87. The second kappa shape index (κ2) is 8.30. The minimum Gasteiger partial charge on any atom is -0.389 e. The lowest BCUT2D eigenvalue weighted by molar-refractivity contribution is -0.126. The highest BCUT2D eigenvalue weighted by molar-refractivity contribution is 5.77. The predicted molar refractivity (Wildman–Crippen MR) is 86.3 cm³/mol. The van der Waals surface area contributed by atoms with Gasteiger partial charge < -0.3 is 15.2 Å². The van der Waals surface area contributed by atoms with Crippen LogP contribution < -0.4 is 5.32 Å². The van der Waals surface area contributed by atoms with E-state index < -0.39 is 5.60 Å². The molecular weight excluding hydrogens is 278 g/mol. The SMILES string of the molecule is CC(CNC(=O)CC1(O)CCCC1)COCc1ccccc1. The number of hydrogen-bond acceptors (Lipinski definition) is 3. The molecule has 22 heavy (non-hydrogen) atoms. The van der Waals surface area contributed by atoms with Crippen LogP contribution in [0, 0.1) is 5.92 Å². The molecule has 0 saturated heterocycles. The highest BCUT2D eigenvalue weighted by Gasteiger charge is 2.33. The van der Waals surface area contributed by atoms with Gasteiger partial charge in [-0.3, -0.25) is 4.79 Å². The van der Waals surface area contributed by atoms with Gasteiger partial charge in [-0.2, -0.15) is 0 Å². The number of carbonyl (C=O) groups excluding carboxylic acids is 1. The third kappa shape index (κ3) is 5.78. The normalized spacial score (nSPS) is 18.1. The Hall–Kier alpha value is -1.39. The summed E-state index contributed by atoms with van der Waals surface area (Å²) in [5, 5.41) is 13.1. The van der Waals surface area contributed by atoms with Gasteiger partial charge in [-0.05, 0) is 24.3 Å². The number of nitrogens with one attached hydrogen (secondary N) is 1. The standard InChI is InChI=1S/C18H27NO3/c1-15(13-22-14-16-7-3-2-4-8-16)12-19-17(20)11-18(21)9-5-6-10-18/h2-4,7-8,15,21H,5-6,9-14H2,1H3,(H,19,20). The zero-order valence-electron chi connectivity index (χ0n) is 13.4. The quantitative estimate of drug-likeness (QED) is 0.776. The van der Waals surface area contributed by atoms with Gasteiger partial charge in [-0.1, -0.05) is 50.1 Å². The van der Waals surface area contributed by atoms with Crippen LogP contribution >= 0.6 is 0 Å². The molecule has 1 atom stereocenters. The van der Waals surface area contributed by atoms with Gasteiger partial charge in [0, 0.05) is 6.54 Å². The lowest BCUT2D eigenvalue weighted by Gasteiger charge is -2.21. The first-order valence-electron chi connectivity index (χ1n) is 8.18. The van der Waals surface area contributed by atoms with Crippen molar-refractivity contribution in [2.45, 2.75) is 51.2 Å². The van der Waals surface area contributed by atoms with Crippen molar-refractivity contribution in [3.8, 4) is 0 Å². The van der Waals surface area contributed by atoms with Crippen molar-refractivity contribution in [3.63, 3.8) is 0 Å². The molecule has 1 aromatic rings. The lowest BCUT2D eigenvalue weighted by Crippen LogP contribution is -2.37. The van der Waals surface area contributed by atoms with Crippen LogP contribution in [0.2, 0.25) is 0 Å². The number of hydrogen-bond donors (Lipinski definition) is 2. The van der Waals surface area contributed by atoms with Gasteiger partial charge in [0.15, 0.2) is 0 Å². The molecule has 0 heterocycles. The molecule has 1 aliphatic rings. The predicted octanol–water partition coefficient (Wildman–Crippen LogP) is 2.65. The Bertz CT molecular complexity index is 455. The average molecular weight is 305 g/mol. The van der Waals surface area contributed by atoms with Crippen LogP contribution in [-0.2, 0) is 16.1 Å². The Kier molecular flexibility index (Phi) is 6.40. The summed E-state index contributed by atoms with van der Waals surface area (Å²) in [6.07, 6.45) is 3.76. The Morgan fingerprint density at radius 3 is 2.68 bits per heavy atom. The Balaban J connectivity index is 1.59. The molecule has 1 amide bonds. The number of carbonyl (C=O) groups is 1. The second-order valence-electron chi connectivity index (χ2n) is 6.52. The van der Waals surface area contributed by atoms with Crippen molar-refractivity contribution in [1.82, 2.24) is 5.32 Å². The Labute approximate surface area is 132 Å². The van der Waals surface area contributed by atoms with E-state index in [1.807, 2.05) is 30.3 Å². The molecule has 1 aromatic carbocycles. The van der Waals surface area contributed by atoms with Gasteiger partial charge in [0.25, 0.3) is 0 Å². The van der Waals surface area contributed by atoms with Crippen LogP contribution in [0.3, 0.4) is 0 Å². The minimum atomic E-state index is -0.767. The van der Waals surface area contributed by atoms with Gasteiger partial charge in [-0.15, -0.1) is 0 Å². The molecule has 1 unspecified atom stereocenters. The molecule has 1 saturated carbocycles. The number of aliphatic hydroxyl groups is 1. The van der Waals surface area contributed by atoms with Crippen LogP contribution in [0.25, 0.3) is 0 Å². The summed E-state index contributed by atoms with van der Waals surface area (Å²) >= 11 is 0. The molecular formula is C18H27NO3. The van der Waals surface area contributed by atoms with Crippen LogP contribution in [0.1, 0.15) is 44.6 Å². The van der Waals surface area contributed by atoms with E-state index in [4.69, 9.17) is 4.74 Å². The fourth-order valence-electron chi connectivity index (χ4n) is 2.87. The van der Waals surface area contributed by atoms with Crippen LogP contribution in [0.5, 0.6) is 0 Å². The fraction of sp³-hybridized carbons (Fsp3) is 0.611. The van der Waals surface area contributed by atoms with Crippen LogP contribution in [0.15, 0.2) is 30.3 Å². The molecule has 1 aliphatic carbocycles. The average Bonchev–Trinajstić information content (AvgIpc) is 2.92. The maximum Gasteiger partial charge on any atom is 0.222 e. The summed E-state index contributed by atoms with van der Waals surface area (Å²) in [5.41, 5.74) is 0.388. The largest absolute Gasteiger partial charge is 0.389 e. The van der Waals surface area contributed by atoms with E-state index in [0.717, 1.165) is 31.2 Å². The van der Waals surface area contributed by atoms with Crippen molar-refractivity contribution < 1.29 is 14.6 Å². The van der Waals surface area contributed by atoms with Gasteiger partial charge in [-0.25, -0.2) is 0 Å². The highest BCUT2D eigenvalue weighted by atomic mass is 16.5. The van der Waals surface area contributed by atoms with Crippen LogP contribution in [-0.4, -0.2) is 29.8 Å². The summed E-state index contributed by atoms with van der Waals surface area (Å²) in [6, 6.07) is 10.1. The molecule has 0 aromatic heterocycles. The van der Waals surface area contributed by atoms with E-state index in [1.54, 1.807) is 0 Å². The third-order valence-corrected chi connectivity index (χ3v) is 4.19. The molecule has 1 fully saturated rings. The molecule has 4 heteroatoms. The zero-order valence-corrected chi connectivity index (χ0v) is 13.4. The minimum absolute atomic E-state index is 0.0562. The van der Waals surface area contributed by atoms with Gasteiger partial charge in [0.05, 0.1) is 25.2 Å². The smallest absolute Gasteiger partial charge is 0.222 e. The van der Waals surface area contributed by atoms with Crippen molar-refractivity contribution in [2.24, 2.45) is 5.92 Å². The summed E-state index contributed by atoms with van der Waals surface area (Å²) in [6.45, 7) is 3.84. The third-order valence-electron chi connectivity index (χ3n) is 4.19. The van der Waals surface area contributed by atoms with E-state index in [1.165, 1.54) is 0 Å². The number of amides is 1. The molecule has 2 rings (SSSR count). The first-order valence-corrected chi connectivity index (χ1v) is 8.18. The monoisotopic (exact) mass is 305 g/mol. The summed E-state index contributed by atoms with van der Waals surface area (Å²) in [4.78, 5) is 11.9. The number of benzene rings is 1. The molecule has 0 radical (unpaired) electrons. The van der Waals surface area contributed by atoms with Gasteiger partial charge in [0.2, 0.25) is 5.91 Å². The number of ether oxygens (including phenoxy) is 1. The van der Waals surface area contributed by atoms with E-state index >= 15 is 0 Å². The summed E-state index contributed by atoms with van der Waals surface area (Å²) in [5.74, 6) is 0.199. The van der Waals surface area contributed by atoms with Gasteiger partial charge in [0.1, 0.15) is 0 Å². The molecule has 0 aliphatic heterocycles. The van der Waals surface area contributed by atoms with Crippen molar-refractivity contribution >= 4 is 5.91 Å². The van der Waals surface area contributed by atoms with Crippen molar-refractivity contribution in [2.75, 3.05) is 13.2 Å². The van der Waals surface area contributed by atoms with E-state index in [2.05, 4.69) is 12.2 Å². The van der Waals surface area contributed by atoms with Gasteiger partial charge >= 0.3 is 0 Å². The molecule has 122 valence electrons. The Morgan fingerprint density at radius 1 is 1.32 bits per heavy atom. The van der Waals surface area contributed by atoms with E-state index in [-0.39, 0.29) is 18.2 Å². The van der Waals surface area contributed by atoms with Crippen molar-refractivity contribution in [1.29, 1.82) is 0 Å². The summed E-state index contributed by atoms with van der Waals surface area (Å²) in [7, 11) is 0. The second-order valence-corrected chi connectivity index (χ2v) is 6.52. The molecule has 0 spiro atoms. The summed E-state index contributed by atoms with van der Waals surface area (Å²) < 4.78 is 5.67. The first-order chi connectivity index (χ1) is 10.6. The first kappa shape index (κ1) is 17.0. The highest BCUT2D eigenvalue weighted by Crippen LogP contribution is 2.32. The molecule has 0 bridgehead atoms.